The first-order valence-electron chi connectivity index (χ1n) is 9.69. The first-order valence-corrected chi connectivity index (χ1v) is 11.6. The van der Waals surface area contributed by atoms with Gasteiger partial charge < -0.3 is 5.32 Å². The molecule has 0 aliphatic heterocycles. The molecule has 0 saturated carbocycles. The van der Waals surface area contributed by atoms with Gasteiger partial charge >= 0.3 is 0 Å². The van der Waals surface area contributed by atoms with Gasteiger partial charge in [0.1, 0.15) is 0 Å². The number of carbonyl (C=O) groups is 1. The first-order chi connectivity index (χ1) is 14.7. The second-order valence-electron chi connectivity index (χ2n) is 6.84. The highest BCUT2D eigenvalue weighted by atomic mass is 32.2. The van der Waals surface area contributed by atoms with Crippen LogP contribution >= 0.6 is 23.1 Å². The number of nitrogens with zero attached hydrogens (tertiary/aromatic N) is 3. The van der Waals surface area contributed by atoms with Gasteiger partial charge in [-0.05, 0) is 29.5 Å². The van der Waals surface area contributed by atoms with Crippen molar-refractivity contribution in [2.24, 2.45) is 0 Å². The van der Waals surface area contributed by atoms with Gasteiger partial charge in [0.2, 0.25) is 5.91 Å². The summed E-state index contributed by atoms with van der Waals surface area (Å²) in [6.07, 6.45) is 0. The SMILES string of the molecule is CC(NC(=O)CSc1nnc(-c2cccs2)n1Cc1ccccc1)c1ccccc1. The molecule has 1 atom stereocenters. The van der Waals surface area contributed by atoms with Gasteiger partial charge in [-0.2, -0.15) is 0 Å². The van der Waals surface area contributed by atoms with Gasteiger partial charge in [0.25, 0.3) is 0 Å². The zero-order chi connectivity index (χ0) is 20.8. The lowest BCUT2D eigenvalue weighted by atomic mass is 10.1. The van der Waals surface area contributed by atoms with Crippen LogP contribution in [0.4, 0.5) is 0 Å². The fourth-order valence-electron chi connectivity index (χ4n) is 3.13. The van der Waals surface area contributed by atoms with Crippen LogP contribution in [0.25, 0.3) is 10.7 Å². The summed E-state index contributed by atoms with van der Waals surface area (Å²) in [6, 6.07) is 24.2. The van der Waals surface area contributed by atoms with Crippen molar-refractivity contribution in [3.05, 3.63) is 89.3 Å². The third-order valence-corrected chi connectivity index (χ3v) is 6.48. The van der Waals surface area contributed by atoms with E-state index in [4.69, 9.17) is 0 Å². The zero-order valence-corrected chi connectivity index (χ0v) is 18.2. The molecule has 1 amide bonds. The second kappa shape index (κ2) is 9.73. The summed E-state index contributed by atoms with van der Waals surface area (Å²) in [5, 5.41) is 14.6. The van der Waals surface area contributed by atoms with E-state index in [9.17, 15) is 4.79 Å². The highest BCUT2D eigenvalue weighted by Gasteiger charge is 2.17. The van der Waals surface area contributed by atoms with E-state index < -0.39 is 0 Å². The van der Waals surface area contributed by atoms with E-state index >= 15 is 0 Å². The molecule has 30 heavy (non-hydrogen) atoms. The van der Waals surface area contributed by atoms with E-state index in [2.05, 4.69) is 32.2 Å². The number of benzene rings is 2. The van der Waals surface area contributed by atoms with Gasteiger partial charge in [-0.25, -0.2) is 0 Å². The number of rotatable bonds is 8. The Kier molecular flexibility index (Phi) is 6.61. The van der Waals surface area contributed by atoms with Crippen LogP contribution < -0.4 is 5.32 Å². The maximum Gasteiger partial charge on any atom is 0.230 e. The standard InChI is InChI=1S/C23H22N4OS2/c1-17(19-11-6-3-7-12-19)24-21(28)16-30-23-26-25-22(20-13-8-14-29-20)27(23)15-18-9-4-2-5-10-18/h2-14,17H,15-16H2,1H3,(H,24,28). The third kappa shape index (κ3) is 4.98. The van der Waals surface area contributed by atoms with Gasteiger partial charge in [0.05, 0.1) is 23.2 Å². The molecule has 1 N–H and O–H groups in total. The van der Waals surface area contributed by atoms with E-state index in [1.54, 1.807) is 11.3 Å². The topological polar surface area (TPSA) is 59.8 Å². The molecule has 0 radical (unpaired) electrons. The normalized spacial score (nSPS) is 11.9. The Balaban J connectivity index is 1.47. The number of thiophene rings is 1. The van der Waals surface area contributed by atoms with Crippen LogP contribution in [0.3, 0.4) is 0 Å². The number of thioether (sulfide) groups is 1. The fourth-order valence-corrected chi connectivity index (χ4v) is 4.60. The predicted molar refractivity (Wildman–Crippen MR) is 123 cm³/mol. The quantitative estimate of drug-likeness (QED) is 0.395. The molecule has 152 valence electrons. The highest BCUT2D eigenvalue weighted by Crippen LogP contribution is 2.28. The molecular formula is C23H22N4OS2. The smallest absolute Gasteiger partial charge is 0.230 e. The Morgan fingerprint density at radius 1 is 1.03 bits per heavy atom. The van der Waals surface area contributed by atoms with Crippen LogP contribution in [-0.4, -0.2) is 26.4 Å². The molecule has 2 aromatic heterocycles. The van der Waals surface area contributed by atoms with Gasteiger partial charge in [-0.15, -0.1) is 21.5 Å². The molecule has 7 heteroatoms. The molecule has 0 spiro atoms. The number of aromatic nitrogens is 3. The molecule has 4 aromatic rings. The molecular weight excluding hydrogens is 412 g/mol. The van der Waals surface area contributed by atoms with Gasteiger partial charge in [0.15, 0.2) is 11.0 Å². The van der Waals surface area contributed by atoms with Crippen molar-refractivity contribution >= 4 is 29.0 Å². The van der Waals surface area contributed by atoms with Crippen molar-refractivity contribution in [1.82, 2.24) is 20.1 Å². The largest absolute Gasteiger partial charge is 0.349 e. The Bertz CT molecular complexity index is 1080. The van der Waals surface area contributed by atoms with Crippen molar-refractivity contribution in [2.45, 2.75) is 24.7 Å². The minimum atomic E-state index is -0.0387. The summed E-state index contributed by atoms with van der Waals surface area (Å²) in [5.74, 6) is 1.09. The molecule has 0 saturated heterocycles. The lowest BCUT2D eigenvalue weighted by Crippen LogP contribution is -2.28. The first kappa shape index (κ1) is 20.4. The molecule has 4 rings (SSSR count). The average Bonchev–Trinajstić information content (AvgIpc) is 3.44. The molecule has 0 aliphatic rings. The number of carbonyl (C=O) groups excluding carboxylic acids is 1. The maximum absolute atomic E-state index is 12.5. The Morgan fingerprint density at radius 3 is 2.47 bits per heavy atom. The minimum Gasteiger partial charge on any atom is -0.349 e. The van der Waals surface area contributed by atoms with E-state index in [1.807, 2.05) is 73.0 Å². The lowest BCUT2D eigenvalue weighted by Gasteiger charge is -2.14. The second-order valence-corrected chi connectivity index (χ2v) is 8.73. The summed E-state index contributed by atoms with van der Waals surface area (Å²) in [5.41, 5.74) is 2.25. The van der Waals surface area contributed by atoms with Crippen LogP contribution in [-0.2, 0) is 11.3 Å². The Hall–Kier alpha value is -2.90. The molecule has 0 fully saturated rings. The van der Waals surface area contributed by atoms with Crippen LogP contribution in [0.15, 0.2) is 83.3 Å². The van der Waals surface area contributed by atoms with Gasteiger partial charge in [-0.1, -0.05) is 78.5 Å². The highest BCUT2D eigenvalue weighted by molar-refractivity contribution is 7.99. The molecule has 0 aliphatic carbocycles. The summed E-state index contributed by atoms with van der Waals surface area (Å²) >= 11 is 3.04. The van der Waals surface area contributed by atoms with Gasteiger partial charge in [0, 0.05) is 0 Å². The maximum atomic E-state index is 12.5. The number of hydrogen-bond acceptors (Lipinski definition) is 5. The van der Waals surface area contributed by atoms with Gasteiger partial charge in [-0.3, -0.25) is 9.36 Å². The molecule has 5 nitrogen and oxygen atoms in total. The van der Waals surface area contributed by atoms with Crippen molar-refractivity contribution < 1.29 is 4.79 Å². The van der Waals surface area contributed by atoms with E-state index in [-0.39, 0.29) is 17.7 Å². The Labute approximate surface area is 184 Å². The van der Waals surface area contributed by atoms with E-state index in [0.29, 0.717) is 6.54 Å². The summed E-state index contributed by atoms with van der Waals surface area (Å²) in [4.78, 5) is 13.6. The lowest BCUT2D eigenvalue weighted by molar-refractivity contribution is -0.119. The van der Waals surface area contributed by atoms with Crippen LogP contribution in [0.5, 0.6) is 0 Å². The predicted octanol–water partition coefficient (Wildman–Crippen LogP) is 5.02. The average molecular weight is 435 g/mol. The van der Waals surface area contributed by atoms with Crippen LogP contribution in [0.2, 0.25) is 0 Å². The molecule has 2 heterocycles. The summed E-state index contributed by atoms with van der Waals surface area (Å²) in [7, 11) is 0. The zero-order valence-electron chi connectivity index (χ0n) is 16.6. The summed E-state index contributed by atoms with van der Waals surface area (Å²) < 4.78 is 2.08. The van der Waals surface area contributed by atoms with Crippen molar-refractivity contribution in [3.63, 3.8) is 0 Å². The van der Waals surface area contributed by atoms with Crippen molar-refractivity contribution in [3.8, 4) is 10.7 Å². The third-order valence-electron chi connectivity index (χ3n) is 4.65. The van der Waals surface area contributed by atoms with Crippen molar-refractivity contribution in [1.29, 1.82) is 0 Å². The molecule has 0 bridgehead atoms. The number of hydrogen-bond donors (Lipinski definition) is 1. The van der Waals surface area contributed by atoms with Crippen LogP contribution in [0.1, 0.15) is 24.1 Å². The molecule has 2 aromatic carbocycles. The van der Waals surface area contributed by atoms with Crippen molar-refractivity contribution in [2.75, 3.05) is 5.75 Å². The minimum absolute atomic E-state index is 0.0247. The number of amides is 1. The summed E-state index contributed by atoms with van der Waals surface area (Å²) in [6.45, 7) is 2.65. The van der Waals surface area contributed by atoms with E-state index in [0.717, 1.165) is 21.4 Å². The Morgan fingerprint density at radius 2 is 1.77 bits per heavy atom. The van der Waals surface area contributed by atoms with Crippen LogP contribution in [0, 0.1) is 0 Å². The van der Waals surface area contributed by atoms with E-state index in [1.165, 1.54) is 17.3 Å². The monoisotopic (exact) mass is 434 g/mol. The fraction of sp³-hybridized carbons (Fsp3) is 0.174. The number of nitrogens with one attached hydrogen (secondary N) is 1. The molecule has 1 unspecified atom stereocenters.